The third-order valence-corrected chi connectivity index (χ3v) is 2.78. The summed E-state index contributed by atoms with van der Waals surface area (Å²) in [5.74, 6) is -2.07. The van der Waals surface area contributed by atoms with Crippen LogP contribution in [0.15, 0.2) is 18.2 Å². The molecule has 21 heavy (non-hydrogen) atoms. The maximum absolute atomic E-state index is 12.0. The molecular formula is C12H15N3O6. The molecule has 1 amide bonds. The van der Waals surface area contributed by atoms with Crippen molar-refractivity contribution in [2.45, 2.75) is 12.5 Å². The number of aliphatic carboxylic acids is 1. The standard InChI is InChI=1S/C12H15N3O6/c1-12(6-21-2,11(17)18)14-10(16)7-3-4-8(13)9(5-7)15(19)20/h3-5H,6,13H2,1-2H3,(H,14,16)(H,17,18). The number of carbonyl (C=O) groups is 2. The zero-order valence-electron chi connectivity index (χ0n) is 11.5. The molecule has 114 valence electrons. The number of nitrogen functional groups attached to an aromatic ring is 1. The van der Waals surface area contributed by atoms with Gasteiger partial charge in [-0.2, -0.15) is 0 Å². The highest BCUT2D eigenvalue weighted by Gasteiger charge is 2.35. The first-order valence-corrected chi connectivity index (χ1v) is 5.80. The van der Waals surface area contributed by atoms with Gasteiger partial charge in [0.25, 0.3) is 11.6 Å². The molecule has 1 aromatic rings. The molecule has 0 aromatic heterocycles. The largest absolute Gasteiger partial charge is 0.479 e. The first kappa shape index (κ1) is 16.4. The van der Waals surface area contributed by atoms with Crippen molar-refractivity contribution in [2.75, 3.05) is 19.5 Å². The summed E-state index contributed by atoms with van der Waals surface area (Å²) in [5, 5.41) is 22.2. The molecule has 0 radical (unpaired) electrons. The molecule has 0 heterocycles. The maximum atomic E-state index is 12.0. The number of hydrogen-bond donors (Lipinski definition) is 3. The maximum Gasteiger partial charge on any atom is 0.331 e. The topological polar surface area (TPSA) is 145 Å². The molecule has 0 aliphatic heterocycles. The SMILES string of the molecule is COCC(C)(NC(=O)c1ccc(N)c([N+](=O)[O-])c1)C(=O)O. The van der Waals surface area contributed by atoms with Gasteiger partial charge in [0, 0.05) is 18.7 Å². The van der Waals surface area contributed by atoms with Gasteiger partial charge in [0.05, 0.1) is 11.5 Å². The van der Waals surface area contributed by atoms with Crippen LogP contribution in [0.25, 0.3) is 0 Å². The monoisotopic (exact) mass is 297 g/mol. The summed E-state index contributed by atoms with van der Waals surface area (Å²) in [6.07, 6.45) is 0. The fraction of sp³-hybridized carbons (Fsp3) is 0.333. The molecule has 1 unspecified atom stereocenters. The van der Waals surface area contributed by atoms with E-state index in [2.05, 4.69) is 5.32 Å². The first-order valence-electron chi connectivity index (χ1n) is 5.80. The predicted molar refractivity (Wildman–Crippen MR) is 72.9 cm³/mol. The smallest absolute Gasteiger partial charge is 0.331 e. The Hall–Kier alpha value is -2.68. The van der Waals surface area contributed by atoms with Crippen LogP contribution in [0.2, 0.25) is 0 Å². The van der Waals surface area contributed by atoms with Gasteiger partial charge in [0.1, 0.15) is 5.69 Å². The first-order chi connectivity index (χ1) is 9.71. The number of rotatable bonds is 6. The van der Waals surface area contributed by atoms with Gasteiger partial charge in [-0.15, -0.1) is 0 Å². The third kappa shape index (κ3) is 3.66. The normalized spacial score (nSPS) is 13.2. The fourth-order valence-corrected chi connectivity index (χ4v) is 1.61. The lowest BCUT2D eigenvalue weighted by molar-refractivity contribution is -0.383. The number of nitro benzene ring substituents is 1. The van der Waals surface area contributed by atoms with E-state index in [1.165, 1.54) is 26.2 Å². The Morgan fingerprint density at radius 3 is 2.62 bits per heavy atom. The van der Waals surface area contributed by atoms with E-state index in [0.29, 0.717) is 0 Å². The van der Waals surface area contributed by atoms with Crippen molar-refractivity contribution in [2.24, 2.45) is 0 Å². The van der Waals surface area contributed by atoms with Gasteiger partial charge in [0.15, 0.2) is 5.54 Å². The van der Waals surface area contributed by atoms with E-state index in [1.807, 2.05) is 0 Å². The molecule has 0 aliphatic carbocycles. The second-order valence-corrected chi connectivity index (χ2v) is 4.56. The Balaban J connectivity index is 3.06. The van der Waals surface area contributed by atoms with Gasteiger partial charge in [0.2, 0.25) is 0 Å². The molecule has 9 heteroatoms. The molecule has 0 saturated carbocycles. The molecule has 0 spiro atoms. The van der Waals surface area contributed by atoms with Crippen molar-refractivity contribution in [3.8, 4) is 0 Å². The third-order valence-electron chi connectivity index (χ3n) is 2.78. The summed E-state index contributed by atoms with van der Waals surface area (Å²) < 4.78 is 4.76. The number of carbonyl (C=O) groups excluding carboxylic acids is 1. The van der Waals surface area contributed by atoms with Crippen LogP contribution in [0, 0.1) is 10.1 Å². The van der Waals surface area contributed by atoms with E-state index in [-0.39, 0.29) is 17.9 Å². The van der Waals surface area contributed by atoms with E-state index in [4.69, 9.17) is 15.6 Å². The molecule has 0 aliphatic rings. The Bertz CT molecular complexity index is 588. The molecule has 0 bridgehead atoms. The van der Waals surface area contributed by atoms with Crippen LogP contribution in [0.3, 0.4) is 0 Å². The van der Waals surface area contributed by atoms with Gasteiger partial charge in [-0.05, 0) is 19.1 Å². The summed E-state index contributed by atoms with van der Waals surface area (Å²) in [7, 11) is 1.29. The van der Waals surface area contributed by atoms with Crippen LogP contribution in [0.5, 0.6) is 0 Å². The second-order valence-electron chi connectivity index (χ2n) is 4.56. The van der Waals surface area contributed by atoms with Crippen molar-refractivity contribution in [3.63, 3.8) is 0 Å². The van der Waals surface area contributed by atoms with Crippen molar-refractivity contribution in [1.29, 1.82) is 0 Å². The highest BCUT2D eigenvalue weighted by Crippen LogP contribution is 2.22. The highest BCUT2D eigenvalue weighted by molar-refractivity contribution is 5.98. The van der Waals surface area contributed by atoms with Crippen LogP contribution in [0.4, 0.5) is 11.4 Å². The van der Waals surface area contributed by atoms with Gasteiger partial charge in [-0.1, -0.05) is 0 Å². The molecule has 1 rings (SSSR count). The number of nitrogens with two attached hydrogens (primary N) is 1. The van der Waals surface area contributed by atoms with Gasteiger partial charge < -0.3 is 20.9 Å². The number of benzene rings is 1. The Morgan fingerprint density at radius 2 is 2.14 bits per heavy atom. The van der Waals surface area contributed by atoms with E-state index >= 15 is 0 Å². The van der Waals surface area contributed by atoms with Gasteiger partial charge in [-0.3, -0.25) is 14.9 Å². The average molecular weight is 297 g/mol. The molecule has 1 atom stereocenters. The number of nitrogens with zero attached hydrogens (tertiary/aromatic N) is 1. The number of nitrogens with one attached hydrogen (secondary N) is 1. The minimum absolute atomic E-state index is 0.0699. The summed E-state index contributed by atoms with van der Waals surface area (Å²) in [4.78, 5) is 33.3. The quantitative estimate of drug-likeness (QED) is 0.391. The minimum atomic E-state index is -1.65. The summed E-state index contributed by atoms with van der Waals surface area (Å²) in [5.41, 5.74) is 3.19. The lowest BCUT2D eigenvalue weighted by Gasteiger charge is -2.25. The number of carboxylic acid groups (broad SMARTS) is 1. The fourth-order valence-electron chi connectivity index (χ4n) is 1.61. The number of nitro groups is 1. The zero-order valence-corrected chi connectivity index (χ0v) is 11.5. The van der Waals surface area contributed by atoms with E-state index < -0.39 is 28.0 Å². The molecule has 9 nitrogen and oxygen atoms in total. The van der Waals surface area contributed by atoms with Crippen molar-refractivity contribution < 1.29 is 24.4 Å². The number of anilines is 1. The van der Waals surface area contributed by atoms with Crippen LogP contribution in [-0.2, 0) is 9.53 Å². The Kier molecular flexibility index (Phi) is 4.82. The average Bonchev–Trinajstić information content (AvgIpc) is 2.38. The van der Waals surface area contributed by atoms with Gasteiger partial charge >= 0.3 is 5.97 Å². The van der Waals surface area contributed by atoms with Crippen LogP contribution in [-0.4, -0.2) is 41.2 Å². The number of methoxy groups -OCH3 is 1. The number of carboxylic acids is 1. The minimum Gasteiger partial charge on any atom is -0.479 e. The molecule has 4 N–H and O–H groups in total. The van der Waals surface area contributed by atoms with Crippen molar-refractivity contribution >= 4 is 23.3 Å². The van der Waals surface area contributed by atoms with Crippen molar-refractivity contribution in [3.05, 3.63) is 33.9 Å². The zero-order chi connectivity index (χ0) is 16.2. The summed E-state index contributed by atoms with van der Waals surface area (Å²) >= 11 is 0. The van der Waals surface area contributed by atoms with E-state index in [1.54, 1.807) is 0 Å². The summed E-state index contributed by atoms with van der Waals surface area (Å²) in [6.45, 7) is 1.01. The van der Waals surface area contributed by atoms with Crippen LogP contribution in [0.1, 0.15) is 17.3 Å². The highest BCUT2D eigenvalue weighted by atomic mass is 16.6. The Labute approximate surface area is 119 Å². The number of amides is 1. The van der Waals surface area contributed by atoms with Crippen LogP contribution < -0.4 is 11.1 Å². The second kappa shape index (κ2) is 6.18. The molecule has 1 aromatic carbocycles. The lowest BCUT2D eigenvalue weighted by Crippen LogP contribution is -2.55. The van der Waals surface area contributed by atoms with Crippen molar-refractivity contribution in [1.82, 2.24) is 5.32 Å². The molecular weight excluding hydrogens is 282 g/mol. The van der Waals surface area contributed by atoms with Crippen LogP contribution >= 0.6 is 0 Å². The Morgan fingerprint density at radius 1 is 1.52 bits per heavy atom. The number of ether oxygens (including phenoxy) is 1. The molecule has 0 saturated heterocycles. The molecule has 0 fully saturated rings. The number of hydrogen-bond acceptors (Lipinski definition) is 6. The predicted octanol–water partition coefficient (Wildman–Crippen LogP) is 0.397. The van der Waals surface area contributed by atoms with E-state index in [0.717, 1.165) is 6.07 Å². The lowest BCUT2D eigenvalue weighted by atomic mass is 10.0. The summed E-state index contributed by atoms with van der Waals surface area (Å²) in [6, 6.07) is 3.47. The van der Waals surface area contributed by atoms with E-state index in [9.17, 15) is 19.7 Å². The van der Waals surface area contributed by atoms with Gasteiger partial charge in [-0.25, -0.2) is 4.79 Å².